The zero-order valence-electron chi connectivity index (χ0n) is 12.9. The van der Waals surface area contributed by atoms with Crippen molar-refractivity contribution in [3.05, 3.63) is 29.8 Å². The van der Waals surface area contributed by atoms with E-state index in [9.17, 15) is 9.59 Å². The molecular weight excluding hydrogens is 282 g/mol. The van der Waals surface area contributed by atoms with Crippen LogP contribution in [0, 0.1) is 0 Å². The van der Waals surface area contributed by atoms with Gasteiger partial charge in [-0.1, -0.05) is 12.1 Å². The topological polar surface area (TPSA) is 79.5 Å². The zero-order valence-corrected chi connectivity index (χ0v) is 12.9. The van der Waals surface area contributed by atoms with Crippen LogP contribution < -0.4 is 16.0 Å². The highest BCUT2D eigenvalue weighted by Crippen LogP contribution is 2.21. The molecule has 0 unspecified atom stereocenters. The van der Waals surface area contributed by atoms with Crippen LogP contribution in [0.3, 0.4) is 0 Å². The van der Waals surface area contributed by atoms with Gasteiger partial charge in [0.05, 0.1) is 17.8 Å². The molecule has 1 aromatic rings. The number of carbonyl (C=O) groups is 2. The van der Waals surface area contributed by atoms with E-state index in [1.807, 2.05) is 0 Å². The standard InChI is InChI=1S/C16H23N3O3/c1-22-10-4-9-17-11-15(20)19-14-6-3-2-5-13(14)16(21)18-12-7-8-12/h2-3,5-6,12,17H,4,7-11H2,1H3,(H,18,21)(H,19,20). The normalized spacial score (nSPS) is 13.7. The van der Waals surface area contributed by atoms with Crippen LogP contribution in [0.2, 0.25) is 0 Å². The smallest absolute Gasteiger partial charge is 0.253 e. The average Bonchev–Trinajstić information content (AvgIpc) is 3.31. The van der Waals surface area contributed by atoms with Crippen molar-refractivity contribution >= 4 is 17.5 Å². The number of methoxy groups -OCH3 is 1. The van der Waals surface area contributed by atoms with Gasteiger partial charge in [-0.25, -0.2) is 0 Å². The summed E-state index contributed by atoms with van der Waals surface area (Å²) in [4.78, 5) is 24.1. The Morgan fingerprint density at radius 1 is 1.27 bits per heavy atom. The van der Waals surface area contributed by atoms with Crippen molar-refractivity contribution in [3.63, 3.8) is 0 Å². The minimum atomic E-state index is -0.163. The Hall–Kier alpha value is -1.92. The van der Waals surface area contributed by atoms with Gasteiger partial charge in [-0.05, 0) is 37.9 Å². The maximum Gasteiger partial charge on any atom is 0.253 e. The average molecular weight is 305 g/mol. The Bertz CT molecular complexity index is 515. The first-order valence-corrected chi connectivity index (χ1v) is 7.60. The van der Waals surface area contributed by atoms with E-state index in [-0.39, 0.29) is 18.4 Å². The fourth-order valence-electron chi connectivity index (χ4n) is 2.02. The van der Waals surface area contributed by atoms with Gasteiger partial charge in [-0.2, -0.15) is 0 Å². The number of anilines is 1. The van der Waals surface area contributed by atoms with Crippen molar-refractivity contribution in [2.45, 2.75) is 25.3 Å². The number of hydrogen-bond acceptors (Lipinski definition) is 4. The molecule has 6 heteroatoms. The van der Waals surface area contributed by atoms with Crippen LogP contribution in [0.5, 0.6) is 0 Å². The molecule has 0 aromatic heterocycles. The van der Waals surface area contributed by atoms with Gasteiger partial charge >= 0.3 is 0 Å². The minimum Gasteiger partial charge on any atom is -0.385 e. The molecule has 0 saturated heterocycles. The molecule has 0 atom stereocenters. The summed E-state index contributed by atoms with van der Waals surface area (Å²) < 4.78 is 4.94. The van der Waals surface area contributed by atoms with Crippen LogP contribution in [0.15, 0.2) is 24.3 Å². The highest BCUT2D eigenvalue weighted by Gasteiger charge is 2.24. The highest BCUT2D eigenvalue weighted by molar-refractivity contribution is 6.04. The largest absolute Gasteiger partial charge is 0.385 e. The lowest BCUT2D eigenvalue weighted by atomic mass is 10.1. The van der Waals surface area contributed by atoms with E-state index >= 15 is 0 Å². The quantitative estimate of drug-likeness (QED) is 0.598. The molecule has 0 aliphatic heterocycles. The van der Waals surface area contributed by atoms with Gasteiger partial charge in [-0.15, -0.1) is 0 Å². The van der Waals surface area contributed by atoms with E-state index in [4.69, 9.17) is 4.74 Å². The third kappa shape index (κ3) is 5.46. The Morgan fingerprint density at radius 2 is 2.05 bits per heavy atom. The van der Waals surface area contributed by atoms with E-state index < -0.39 is 0 Å². The fourth-order valence-corrected chi connectivity index (χ4v) is 2.02. The minimum absolute atomic E-state index is 0.133. The van der Waals surface area contributed by atoms with Crippen LogP contribution >= 0.6 is 0 Å². The molecule has 0 bridgehead atoms. The van der Waals surface area contributed by atoms with E-state index in [0.717, 1.165) is 19.3 Å². The monoisotopic (exact) mass is 305 g/mol. The molecule has 120 valence electrons. The van der Waals surface area contributed by atoms with Crippen molar-refractivity contribution in [2.75, 3.05) is 32.1 Å². The molecule has 0 spiro atoms. The molecule has 6 nitrogen and oxygen atoms in total. The van der Waals surface area contributed by atoms with Crippen molar-refractivity contribution in [2.24, 2.45) is 0 Å². The molecule has 3 N–H and O–H groups in total. The third-order valence-electron chi connectivity index (χ3n) is 3.35. The summed E-state index contributed by atoms with van der Waals surface area (Å²) in [5, 5.41) is 8.75. The Balaban J connectivity index is 1.83. The number of nitrogens with one attached hydrogen (secondary N) is 3. The number of carbonyl (C=O) groups excluding carboxylic acids is 2. The molecule has 0 radical (unpaired) electrons. The van der Waals surface area contributed by atoms with Gasteiger partial charge < -0.3 is 20.7 Å². The van der Waals surface area contributed by atoms with Crippen LogP contribution in [0.25, 0.3) is 0 Å². The molecule has 1 aromatic carbocycles. The number of rotatable bonds is 9. The number of hydrogen-bond donors (Lipinski definition) is 3. The van der Waals surface area contributed by atoms with Crippen LogP contribution in [-0.2, 0) is 9.53 Å². The molecule has 1 fully saturated rings. The SMILES string of the molecule is COCCCNCC(=O)Nc1ccccc1C(=O)NC1CC1. The number of amides is 2. The lowest BCUT2D eigenvalue weighted by Gasteiger charge is -2.11. The summed E-state index contributed by atoms with van der Waals surface area (Å²) in [7, 11) is 1.65. The van der Waals surface area contributed by atoms with Crippen molar-refractivity contribution in [1.29, 1.82) is 0 Å². The molecule has 2 rings (SSSR count). The first kappa shape index (κ1) is 16.5. The van der Waals surface area contributed by atoms with Gasteiger partial charge in [0.25, 0.3) is 5.91 Å². The second-order valence-electron chi connectivity index (χ2n) is 5.36. The number of ether oxygens (including phenoxy) is 1. The lowest BCUT2D eigenvalue weighted by molar-refractivity contribution is -0.115. The summed E-state index contributed by atoms with van der Waals surface area (Å²) in [5.41, 5.74) is 1.05. The summed E-state index contributed by atoms with van der Waals surface area (Å²) in [6.45, 7) is 1.59. The lowest BCUT2D eigenvalue weighted by Crippen LogP contribution is -2.31. The Labute approximate surface area is 130 Å². The first-order valence-electron chi connectivity index (χ1n) is 7.60. The maximum atomic E-state index is 12.1. The second-order valence-corrected chi connectivity index (χ2v) is 5.36. The summed E-state index contributed by atoms with van der Waals surface area (Å²) in [5.74, 6) is -0.296. The Kier molecular flexibility index (Phi) is 6.36. The molecule has 1 aliphatic rings. The predicted octanol–water partition coefficient (Wildman–Crippen LogP) is 1.14. The number of benzene rings is 1. The molecule has 1 aliphatic carbocycles. The summed E-state index contributed by atoms with van der Waals surface area (Å²) in [6.07, 6.45) is 2.92. The van der Waals surface area contributed by atoms with Crippen molar-refractivity contribution in [1.82, 2.24) is 10.6 Å². The zero-order chi connectivity index (χ0) is 15.8. The van der Waals surface area contributed by atoms with Crippen molar-refractivity contribution < 1.29 is 14.3 Å². The predicted molar refractivity (Wildman–Crippen MR) is 84.9 cm³/mol. The highest BCUT2D eigenvalue weighted by atomic mass is 16.5. The van der Waals surface area contributed by atoms with Crippen LogP contribution in [-0.4, -0.2) is 44.7 Å². The van der Waals surface area contributed by atoms with E-state index in [1.165, 1.54) is 0 Å². The molecule has 0 heterocycles. The molecule has 22 heavy (non-hydrogen) atoms. The molecule has 2 amide bonds. The van der Waals surface area contributed by atoms with Gasteiger partial charge in [0.2, 0.25) is 5.91 Å². The molecular formula is C16H23N3O3. The number of para-hydroxylation sites is 1. The maximum absolute atomic E-state index is 12.1. The van der Waals surface area contributed by atoms with Gasteiger partial charge in [-0.3, -0.25) is 9.59 Å². The van der Waals surface area contributed by atoms with E-state index in [2.05, 4.69) is 16.0 Å². The summed E-state index contributed by atoms with van der Waals surface area (Å²) >= 11 is 0. The van der Waals surface area contributed by atoms with Crippen molar-refractivity contribution in [3.8, 4) is 0 Å². The summed E-state index contributed by atoms with van der Waals surface area (Å²) in [6, 6.07) is 7.35. The first-order chi connectivity index (χ1) is 10.7. The van der Waals surface area contributed by atoms with Crippen LogP contribution in [0.4, 0.5) is 5.69 Å². The fraction of sp³-hybridized carbons (Fsp3) is 0.500. The third-order valence-corrected chi connectivity index (χ3v) is 3.35. The Morgan fingerprint density at radius 3 is 2.77 bits per heavy atom. The second kappa shape index (κ2) is 8.51. The van der Waals surface area contributed by atoms with Gasteiger partial charge in [0, 0.05) is 19.8 Å². The van der Waals surface area contributed by atoms with Crippen LogP contribution in [0.1, 0.15) is 29.6 Å². The van der Waals surface area contributed by atoms with Gasteiger partial charge in [0.1, 0.15) is 0 Å². The molecule has 1 saturated carbocycles. The van der Waals surface area contributed by atoms with Gasteiger partial charge in [0.15, 0.2) is 0 Å². The van der Waals surface area contributed by atoms with E-state index in [0.29, 0.717) is 30.4 Å². The van der Waals surface area contributed by atoms with E-state index in [1.54, 1.807) is 31.4 Å².